The molecule has 1 aromatic carbocycles. The van der Waals surface area contributed by atoms with Crippen LogP contribution in [0.4, 0.5) is 0 Å². The van der Waals surface area contributed by atoms with E-state index in [2.05, 4.69) is 51.2 Å². The lowest BCUT2D eigenvalue weighted by Crippen LogP contribution is -2.40. The Bertz CT molecular complexity index is 390. The smallest absolute Gasteiger partial charge is 0.0103 e. The van der Waals surface area contributed by atoms with E-state index in [0.717, 1.165) is 19.0 Å². The van der Waals surface area contributed by atoms with Crippen LogP contribution >= 0.6 is 0 Å². The van der Waals surface area contributed by atoms with Crippen molar-refractivity contribution in [2.24, 2.45) is 5.92 Å². The summed E-state index contributed by atoms with van der Waals surface area (Å²) in [5.74, 6) is 0.790. The summed E-state index contributed by atoms with van der Waals surface area (Å²) in [6, 6.07) is 7.10. The lowest BCUT2D eigenvalue weighted by molar-refractivity contribution is 0.320. The zero-order valence-electron chi connectivity index (χ0n) is 12.3. The summed E-state index contributed by atoms with van der Waals surface area (Å²) in [5.41, 5.74) is 4.73. The quantitative estimate of drug-likeness (QED) is 0.846. The summed E-state index contributed by atoms with van der Waals surface area (Å²) in [7, 11) is 0. The van der Waals surface area contributed by atoms with E-state index in [-0.39, 0.29) is 0 Å². The summed E-state index contributed by atoms with van der Waals surface area (Å²) in [6.45, 7) is 11.3. The highest BCUT2D eigenvalue weighted by Gasteiger charge is 2.41. The lowest BCUT2D eigenvalue weighted by Gasteiger charge is -2.35. The summed E-state index contributed by atoms with van der Waals surface area (Å²) in [6.07, 6.45) is 4.09. The normalized spacial score (nSPS) is 27.7. The molecule has 0 aliphatic heterocycles. The van der Waals surface area contributed by atoms with E-state index in [1.165, 1.54) is 30.4 Å². The van der Waals surface area contributed by atoms with Gasteiger partial charge in [0.05, 0.1) is 0 Å². The molecule has 1 aromatic rings. The van der Waals surface area contributed by atoms with E-state index < -0.39 is 0 Å². The van der Waals surface area contributed by atoms with Gasteiger partial charge < -0.3 is 5.32 Å². The number of rotatable bonds is 4. The fourth-order valence-corrected chi connectivity index (χ4v) is 3.65. The number of nitrogens with one attached hydrogen (secondary N) is 1. The second-order valence-electron chi connectivity index (χ2n) is 6.11. The summed E-state index contributed by atoms with van der Waals surface area (Å²) < 4.78 is 0. The van der Waals surface area contributed by atoms with Crippen LogP contribution in [0, 0.1) is 19.8 Å². The van der Waals surface area contributed by atoms with Crippen LogP contribution in [0.15, 0.2) is 18.2 Å². The van der Waals surface area contributed by atoms with Gasteiger partial charge >= 0.3 is 0 Å². The molecular formula is C17H27N. The summed E-state index contributed by atoms with van der Waals surface area (Å²) >= 11 is 0. The fourth-order valence-electron chi connectivity index (χ4n) is 3.65. The predicted octanol–water partition coefficient (Wildman–Crippen LogP) is 3.97. The van der Waals surface area contributed by atoms with Gasteiger partial charge in [-0.2, -0.15) is 0 Å². The molecule has 0 bridgehead atoms. The average molecular weight is 245 g/mol. The predicted molar refractivity (Wildman–Crippen MR) is 79.2 cm³/mol. The van der Waals surface area contributed by atoms with E-state index in [9.17, 15) is 0 Å². The largest absolute Gasteiger partial charge is 0.316 e. The number of benzene rings is 1. The first-order valence-electron chi connectivity index (χ1n) is 7.38. The maximum absolute atomic E-state index is 3.60. The Balaban J connectivity index is 2.39. The van der Waals surface area contributed by atoms with Gasteiger partial charge in [0.25, 0.3) is 0 Å². The molecule has 0 radical (unpaired) electrons. The minimum absolute atomic E-state index is 0.368. The first kappa shape index (κ1) is 13.6. The molecule has 100 valence electrons. The Morgan fingerprint density at radius 2 is 1.89 bits per heavy atom. The van der Waals surface area contributed by atoms with Gasteiger partial charge in [-0.1, -0.05) is 49.6 Å². The monoisotopic (exact) mass is 245 g/mol. The van der Waals surface area contributed by atoms with Crippen molar-refractivity contribution < 1.29 is 0 Å². The van der Waals surface area contributed by atoms with Gasteiger partial charge in [0.2, 0.25) is 0 Å². The van der Waals surface area contributed by atoms with E-state index in [1.54, 1.807) is 5.56 Å². The molecule has 0 spiro atoms. The van der Waals surface area contributed by atoms with Gasteiger partial charge in [0.1, 0.15) is 0 Å². The molecule has 1 heteroatoms. The molecule has 2 unspecified atom stereocenters. The Kier molecular flexibility index (Phi) is 4.11. The van der Waals surface area contributed by atoms with Crippen LogP contribution in [0.3, 0.4) is 0 Å². The van der Waals surface area contributed by atoms with E-state index in [0.29, 0.717) is 5.41 Å². The average Bonchev–Trinajstić information content (AvgIpc) is 2.68. The molecule has 0 saturated heterocycles. The highest BCUT2D eigenvalue weighted by atomic mass is 14.9. The molecule has 1 aliphatic rings. The van der Waals surface area contributed by atoms with Crippen LogP contribution in [0.25, 0.3) is 0 Å². The van der Waals surface area contributed by atoms with Gasteiger partial charge in [0.15, 0.2) is 0 Å². The molecule has 1 aliphatic carbocycles. The number of likely N-dealkylation sites (N-methyl/N-ethyl adjacent to an activating group) is 1. The molecule has 0 heterocycles. The first-order chi connectivity index (χ1) is 8.58. The summed E-state index contributed by atoms with van der Waals surface area (Å²) in [4.78, 5) is 0. The zero-order chi connectivity index (χ0) is 13.2. The highest BCUT2D eigenvalue weighted by molar-refractivity contribution is 5.36. The second-order valence-corrected chi connectivity index (χ2v) is 6.11. The van der Waals surface area contributed by atoms with E-state index in [4.69, 9.17) is 0 Å². The lowest BCUT2D eigenvalue weighted by atomic mass is 9.72. The third-order valence-corrected chi connectivity index (χ3v) is 4.69. The Morgan fingerprint density at radius 1 is 1.22 bits per heavy atom. The maximum Gasteiger partial charge on any atom is 0.0103 e. The molecule has 1 nitrogen and oxygen atoms in total. The third kappa shape index (κ3) is 2.47. The topological polar surface area (TPSA) is 12.0 Å². The Morgan fingerprint density at radius 3 is 2.39 bits per heavy atom. The SMILES string of the molecule is CCNCC1(c2cc(C)cc(C)c2)CCCC1C. The van der Waals surface area contributed by atoms with Crippen LogP contribution in [0.5, 0.6) is 0 Å². The van der Waals surface area contributed by atoms with Crippen molar-refractivity contribution >= 4 is 0 Å². The molecule has 1 fully saturated rings. The van der Waals surface area contributed by atoms with Crippen molar-refractivity contribution in [3.63, 3.8) is 0 Å². The van der Waals surface area contributed by atoms with Crippen molar-refractivity contribution in [2.45, 2.75) is 52.4 Å². The summed E-state index contributed by atoms with van der Waals surface area (Å²) in [5, 5.41) is 3.60. The number of hydrogen-bond donors (Lipinski definition) is 1. The Hall–Kier alpha value is -0.820. The van der Waals surface area contributed by atoms with Crippen molar-refractivity contribution in [3.8, 4) is 0 Å². The van der Waals surface area contributed by atoms with Crippen molar-refractivity contribution in [2.75, 3.05) is 13.1 Å². The third-order valence-electron chi connectivity index (χ3n) is 4.69. The van der Waals surface area contributed by atoms with Crippen LogP contribution in [0.1, 0.15) is 49.8 Å². The van der Waals surface area contributed by atoms with E-state index in [1.807, 2.05) is 0 Å². The molecular weight excluding hydrogens is 218 g/mol. The zero-order valence-corrected chi connectivity index (χ0v) is 12.3. The highest BCUT2D eigenvalue weighted by Crippen LogP contribution is 2.45. The van der Waals surface area contributed by atoms with Crippen LogP contribution < -0.4 is 5.32 Å². The first-order valence-corrected chi connectivity index (χ1v) is 7.38. The number of hydrogen-bond acceptors (Lipinski definition) is 1. The van der Waals surface area contributed by atoms with Gasteiger partial charge in [-0.3, -0.25) is 0 Å². The molecule has 0 amide bonds. The minimum Gasteiger partial charge on any atom is -0.316 e. The Labute approximate surface area is 112 Å². The molecule has 0 aromatic heterocycles. The van der Waals surface area contributed by atoms with Crippen molar-refractivity contribution in [1.82, 2.24) is 5.32 Å². The molecule has 1 N–H and O–H groups in total. The van der Waals surface area contributed by atoms with Crippen LogP contribution in [0.2, 0.25) is 0 Å². The standard InChI is InChI=1S/C17H27N/c1-5-18-12-17(8-6-7-15(17)4)16-10-13(2)9-14(3)11-16/h9-11,15,18H,5-8,12H2,1-4H3. The van der Waals surface area contributed by atoms with Crippen molar-refractivity contribution in [1.29, 1.82) is 0 Å². The van der Waals surface area contributed by atoms with Gasteiger partial charge in [-0.25, -0.2) is 0 Å². The molecule has 1 saturated carbocycles. The van der Waals surface area contributed by atoms with Crippen molar-refractivity contribution in [3.05, 3.63) is 34.9 Å². The van der Waals surface area contributed by atoms with Crippen LogP contribution in [-0.4, -0.2) is 13.1 Å². The minimum atomic E-state index is 0.368. The van der Waals surface area contributed by atoms with E-state index >= 15 is 0 Å². The molecule has 2 atom stereocenters. The molecule has 2 rings (SSSR count). The van der Waals surface area contributed by atoms with Crippen LogP contribution in [-0.2, 0) is 5.41 Å². The maximum atomic E-state index is 3.60. The number of aryl methyl sites for hydroxylation is 2. The molecule has 18 heavy (non-hydrogen) atoms. The fraction of sp³-hybridized carbons (Fsp3) is 0.647. The second kappa shape index (κ2) is 5.44. The van der Waals surface area contributed by atoms with Gasteiger partial charge in [0, 0.05) is 12.0 Å². The van der Waals surface area contributed by atoms with Gasteiger partial charge in [-0.15, -0.1) is 0 Å². The van der Waals surface area contributed by atoms with Gasteiger partial charge in [-0.05, 0) is 44.7 Å².